The summed E-state index contributed by atoms with van der Waals surface area (Å²) in [5, 5.41) is 10.9. The first-order valence-corrected chi connectivity index (χ1v) is 6.56. The van der Waals surface area contributed by atoms with E-state index in [-0.39, 0.29) is 12.5 Å². The highest BCUT2D eigenvalue weighted by Gasteiger charge is 2.12. The number of hydrogen-bond donors (Lipinski definition) is 1. The number of amides is 1. The fraction of sp³-hybridized carbons (Fsp3) is 0.583. The van der Waals surface area contributed by atoms with Crippen LogP contribution in [-0.2, 0) is 16.0 Å². The maximum absolute atomic E-state index is 11.9. The Morgan fingerprint density at radius 3 is 2.94 bits per heavy atom. The van der Waals surface area contributed by atoms with E-state index in [1.54, 1.807) is 23.3 Å². The van der Waals surface area contributed by atoms with Crippen LogP contribution in [0, 0.1) is 0 Å². The number of carbonyl (C=O) groups is 1. The minimum Gasteiger partial charge on any atom is -0.395 e. The van der Waals surface area contributed by atoms with Crippen molar-refractivity contribution in [3.8, 4) is 0 Å². The van der Waals surface area contributed by atoms with Crippen LogP contribution in [0.15, 0.2) is 17.5 Å². The van der Waals surface area contributed by atoms with E-state index in [9.17, 15) is 4.79 Å². The molecule has 1 aromatic heterocycles. The van der Waals surface area contributed by atoms with Crippen LogP contribution < -0.4 is 0 Å². The Morgan fingerprint density at radius 2 is 2.35 bits per heavy atom. The molecule has 0 aliphatic rings. The quantitative estimate of drug-likeness (QED) is 0.760. The predicted molar refractivity (Wildman–Crippen MR) is 68.2 cm³/mol. The molecule has 1 amide bonds. The first kappa shape index (κ1) is 14.2. The average Bonchev–Trinajstić information content (AvgIpc) is 2.84. The van der Waals surface area contributed by atoms with E-state index in [1.165, 1.54) is 4.88 Å². The SMILES string of the molecule is COCCN(CCO)C(=O)CCc1cccs1. The fourth-order valence-electron chi connectivity index (χ4n) is 1.53. The molecule has 1 rings (SSSR count). The lowest BCUT2D eigenvalue weighted by Crippen LogP contribution is -2.36. The Hall–Kier alpha value is -0.910. The van der Waals surface area contributed by atoms with Gasteiger partial charge in [0.25, 0.3) is 0 Å². The number of methoxy groups -OCH3 is 1. The van der Waals surface area contributed by atoms with Crippen molar-refractivity contribution in [1.82, 2.24) is 4.90 Å². The van der Waals surface area contributed by atoms with E-state index < -0.39 is 0 Å². The predicted octanol–water partition coefficient (Wildman–Crippen LogP) is 1.15. The zero-order valence-electron chi connectivity index (χ0n) is 10.1. The number of hydrogen-bond acceptors (Lipinski definition) is 4. The molecule has 17 heavy (non-hydrogen) atoms. The van der Waals surface area contributed by atoms with Gasteiger partial charge in [0.1, 0.15) is 0 Å². The molecule has 0 bridgehead atoms. The fourth-order valence-corrected chi connectivity index (χ4v) is 2.24. The molecule has 0 aliphatic heterocycles. The van der Waals surface area contributed by atoms with Crippen LogP contribution in [0.5, 0.6) is 0 Å². The number of thiophene rings is 1. The first-order chi connectivity index (χ1) is 8.27. The number of aliphatic hydroxyl groups excluding tert-OH is 1. The summed E-state index contributed by atoms with van der Waals surface area (Å²) < 4.78 is 4.95. The van der Waals surface area contributed by atoms with E-state index in [4.69, 9.17) is 9.84 Å². The zero-order chi connectivity index (χ0) is 12.5. The van der Waals surface area contributed by atoms with Crippen LogP contribution in [-0.4, -0.2) is 49.3 Å². The van der Waals surface area contributed by atoms with Crippen molar-refractivity contribution >= 4 is 17.2 Å². The van der Waals surface area contributed by atoms with Crippen LogP contribution in [0.25, 0.3) is 0 Å². The summed E-state index contributed by atoms with van der Waals surface area (Å²) in [6, 6.07) is 4.02. The molecule has 0 fully saturated rings. The molecule has 1 aromatic rings. The van der Waals surface area contributed by atoms with Crippen molar-refractivity contribution in [1.29, 1.82) is 0 Å². The Labute approximate surface area is 106 Å². The summed E-state index contributed by atoms with van der Waals surface area (Å²) in [4.78, 5) is 14.8. The van der Waals surface area contributed by atoms with Gasteiger partial charge in [0, 0.05) is 31.5 Å². The van der Waals surface area contributed by atoms with Crippen molar-refractivity contribution < 1.29 is 14.6 Å². The summed E-state index contributed by atoms with van der Waals surface area (Å²) in [6.45, 7) is 1.42. The molecular weight excluding hydrogens is 238 g/mol. The van der Waals surface area contributed by atoms with Gasteiger partial charge >= 0.3 is 0 Å². The molecule has 0 radical (unpaired) electrons. The van der Waals surface area contributed by atoms with Crippen LogP contribution in [0.3, 0.4) is 0 Å². The standard InChI is InChI=1S/C12H19NO3S/c1-16-9-7-13(6-8-14)12(15)5-4-11-3-2-10-17-11/h2-3,10,14H,4-9H2,1H3. The molecular formula is C12H19NO3S. The highest BCUT2D eigenvalue weighted by Crippen LogP contribution is 2.11. The van der Waals surface area contributed by atoms with Gasteiger partial charge in [0.2, 0.25) is 5.91 Å². The Bertz CT molecular complexity index is 314. The lowest BCUT2D eigenvalue weighted by Gasteiger charge is -2.21. The molecule has 0 saturated heterocycles. The third kappa shape index (κ3) is 5.30. The summed E-state index contributed by atoms with van der Waals surface area (Å²) in [5.74, 6) is 0.0736. The average molecular weight is 257 g/mol. The molecule has 96 valence electrons. The number of aliphatic hydroxyl groups is 1. The Balaban J connectivity index is 2.35. The monoisotopic (exact) mass is 257 g/mol. The van der Waals surface area contributed by atoms with Gasteiger partial charge in [0.05, 0.1) is 13.2 Å². The van der Waals surface area contributed by atoms with Crippen molar-refractivity contribution in [2.75, 3.05) is 33.4 Å². The van der Waals surface area contributed by atoms with E-state index in [1.807, 2.05) is 17.5 Å². The van der Waals surface area contributed by atoms with Crippen LogP contribution >= 0.6 is 11.3 Å². The van der Waals surface area contributed by atoms with Crippen LogP contribution in [0.1, 0.15) is 11.3 Å². The van der Waals surface area contributed by atoms with Gasteiger partial charge in [-0.05, 0) is 17.9 Å². The van der Waals surface area contributed by atoms with E-state index in [2.05, 4.69) is 0 Å². The highest BCUT2D eigenvalue weighted by molar-refractivity contribution is 7.09. The lowest BCUT2D eigenvalue weighted by molar-refractivity contribution is -0.132. The number of aryl methyl sites for hydroxylation is 1. The van der Waals surface area contributed by atoms with Crippen molar-refractivity contribution in [3.63, 3.8) is 0 Å². The minimum atomic E-state index is -0.00550. The van der Waals surface area contributed by atoms with Crippen molar-refractivity contribution in [3.05, 3.63) is 22.4 Å². The van der Waals surface area contributed by atoms with Crippen LogP contribution in [0.4, 0.5) is 0 Å². The topological polar surface area (TPSA) is 49.8 Å². The molecule has 0 aromatic carbocycles. The largest absolute Gasteiger partial charge is 0.395 e. The van der Waals surface area contributed by atoms with Crippen LogP contribution in [0.2, 0.25) is 0 Å². The molecule has 5 heteroatoms. The summed E-state index contributed by atoms with van der Waals surface area (Å²) >= 11 is 1.66. The molecule has 0 atom stereocenters. The molecule has 0 aliphatic carbocycles. The smallest absolute Gasteiger partial charge is 0.223 e. The number of carbonyl (C=O) groups excluding carboxylic acids is 1. The zero-order valence-corrected chi connectivity index (χ0v) is 10.9. The van der Waals surface area contributed by atoms with E-state index in [0.29, 0.717) is 26.1 Å². The van der Waals surface area contributed by atoms with E-state index >= 15 is 0 Å². The van der Waals surface area contributed by atoms with Gasteiger partial charge in [-0.25, -0.2) is 0 Å². The molecule has 1 heterocycles. The maximum Gasteiger partial charge on any atom is 0.223 e. The molecule has 0 spiro atoms. The van der Waals surface area contributed by atoms with Crippen molar-refractivity contribution in [2.45, 2.75) is 12.8 Å². The second-order valence-corrected chi connectivity index (χ2v) is 4.71. The van der Waals surface area contributed by atoms with Gasteiger partial charge < -0.3 is 14.7 Å². The third-order valence-corrected chi connectivity index (χ3v) is 3.39. The van der Waals surface area contributed by atoms with Crippen molar-refractivity contribution in [2.24, 2.45) is 0 Å². The van der Waals surface area contributed by atoms with Gasteiger partial charge in [-0.3, -0.25) is 4.79 Å². The summed E-state index contributed by atoms with van der Waals surface area (Å²) in [6.07, 6.45) is 1.26. The maximum atomic E-state index is 11.9. The van der Waals surface area contributed by atoms with Gasteiger partial charge in [-0.2, -0.15) is 0 Å². The number of ether oxygens (including phenoxy) is 1. The molecule has 0 unspecified atom stereocenters. The first-order valence-electron chi connectivity index (χ1n) is 5.68. The van der Waals surface area contributed by atoms with Gasteiger partial charge in [0.15, 0.2) is 0 Å². The second kappa shape index (κ2) is 8.22. The molecule has 0 saturated carbocycles. The number of nitrogens with zero attached hydrogens (tertiary/aromatic N) is 1. The van der Waals surface area contributed by atoms with Gasteiger partial charge in [-0.1, -0.05) is 6.07 Å². The molecule has 4 nitrogen and oxygen atoms in total. The van der Waals surface area contributed by atoms with Gasteiger partial charge in [-0.15, -0.1) is 11.3 Å². The lowest BCUT2D eigenvalue weighted by atomic mass is 10.2. The Kier molecular flexibility index (Phi) is 6.84. The minimum absolute atomic E-state index is 0.00550. The normalized spacial score (nSPS) is 10.5. The Morgan fingerprint density at radius 1 is 1.53 bits per heavy atom. The summed E-state index contributed by atoms with van der Waals surface area (Å²) in [5.41, 5.74) is 0. The molecule has 1 N–H and O–H groups in total. The number of rotatable bonds is 8. The third-order valence-electron chi connectivity index (χ3n) is 2.45. The van der Waals surface area contributed by atoms with E-state index in [0.717, 1.165) is 6.42 Å². The summed E-state index contributed by atoms with van der Waals surface area (Å²) in [7, 11) is 1.60. The highest BCUT2D eigenvalue weighted by atomic mass is 32.1. The second-order valence-electron chi connectivity index (χ2n) is 3.68.